The fraction of sp³-hybridized carbons (Fsp3) is 0.333. The van der Waals surface area contributed by atoms with Crippen molar-refractivity contribution in [3.05, 3.63) is 70.7 Å². The van der Waals surface area contributed by atoms with Gasteiger partial charge < -0.3 is 10.3 Å². The molecule has 1 unspecified atom stereocenters. The van der Waals surface area contributed by atoms with Crippen LogP contribution < -0.4 is 16.0 Å². The summed E-state index contributed by atoms with van der Waals surface area (Å²) in [4.78, 5) is 19.1. The summed E-state index contributed by atoms with van der Waals surface area (Å²) < 4.78 is 39.1. The molecule has 0 fully saturated rings. The smallest absolute Gasteiger partial charge is 0.330 e. The minimum atomic E-state index is -4.49. The lowest BCUT2D eigenvalue weighted by molar-refractivity contribution is -0.137. The van der Waals surface area contributed by atoms with Crippen molar-refractivity contribution in [1.82, 2.24) is 20.8 Å². The third-order valence-electron chi connectivity index (χ3n) is 5.52. The number of hydrazine groups is 2. The molecule has 30 heavy (non-hydrogen) atoms. The summed E-state index contributed by atoms with van der Waals surface area (Å²) >= 11 is 0. The number of carbonyl (C=O) groups is 1. The van der Waals surface area contributed by atoms with Gasteiger partial charge in [-0.2, -0.15) is 13.2 Å². The van der Waals surface area contributed by atoms with E-state index in [0.29, 0.717) is 13.0 Å². The molecule has 4 rings (SSSR count). The highest BCUT2D eigenvalue weighted by Gasteiger charge is 2.38. The monoisotopic (exact) mass is 417 g/mol. The van der Waals surface area contributed by atoms with Crippen molar-refractivity contribution < 1.29 is 18.0 Å². The van der Waals surface area contributed by atoms with Gasteiger partial charge in [0.05, 0.1) is 23.0 Å². The highest BCUT2D eigenvalue weighted by molar-refractivity contribution is 5.95. The molecule has 2 aromatic rings. The molecule has 1 aromatic carbocycles. The van der Waals surface area contributed by atoms with Gasteiger partial charge in [0.1, 0.15) is 0 Å². The Morgan fingerprint density at radius 2 is 2.07 bits per heavy atom. The van der Waals surface area contributed by atoms with Crippen molar-refractivity contribution in [2.45, 2.75) is 38.9 Å². The van der Waals surface area contributed by atoms with Crippen molar-refractivity contribution >= 4 is 11.7 Å². The number of pyridine rings is 1. The molecule has 2 aliphatic rings. The zero-order valence-electron chi connectivity index (χ0n) is 16.6. The van der Waals surface area contributed by atoms with Crippen LogP contribution in [0.5, 0.6) is 0 Å². The molecule has 0 aliphatic carbocycles. The second kappa shape index (κ2) is 7.64. The third-order valence-corrected chi connectivity index (χ3v) is 5.52. The van der Waals surface area contributed by atoms with Gasteiger partial charge in [0.15, 0.2) is 5.82 Å². The van der Waals surface area contributed by atoms with Gasteiger partial charge in [-0.1, -0.05) is 19.1 Å². The molecular formula is C21H22F3N5O. The lowest BCUT2D eigenvalue weighted by Gasteiger charge is -2.35. The van der Waals surface area contributed by atoms with E-state index < -0.39 is 17.6 Å². The molecule has 1 atom stereocenters. The number of alkyl halides is 3. The molecule has 9 heteroatoms. The van der Waals surface area contributed by atoms with E-state index in [1.54, 1.807) is 11.1 Å². The largest absolute Gasteiger partial charge is 0.416 e. The number of aryl methyl sites for hydroxylation is 1. The summed E-state index contributed by atoms with van der Waals surface area (Å²) in [5.74, 6) is 0.370. The molecule has 1 aromatic heterocycles. The van der Waals surface area contributed by atoms with Crippen LogP contribution in [-0.4, -0.2) is 28.4 Å². The summed E-state index contributed by atoms with van der Waals surface area (Å²) in [6.45, 7) is 4.30. The van der Waals surface area contributed by atoms with E-state index in [-0.39, 0.29) is 11.6 Å². The van der Waals surface area contributed by atoms with E-state index in [1.165, 1.54) is 12.1 Å². The van der Waals surface area contributed by atoms with Crippen LogP contribution in [0, 0.1) is 0 Å². The Hall–Kier alpha value is -3.07. The van der Waals surface area contributed by atoms with E-state index >= 15 is 0 Å². The molecule has 0 bridgehead atoms. The third kappa shape index (κ3) is 3.49. The summed E-state index contributed by atoms with van der Waals surface area (Å²) in [5, 5.41) is 1.89. The van der Waals surface area contributed by atoms with Gasteiger partial charge in [-0.15, -0.1) is 5.53 Å². The number of anilines is 1. The van der Waals surface area contributed by atoms with Crippen molar-refractivity contribution in [3.8, 4) is 0 Å². The molecule has 3 heterocycles. The van der Waals surface area contributed by atoms with Crippen molar-refractivity contribution in [2.24, 2.45) is 0 Å². The van der Waals surface area contributed by atoms with Crippen LogP contribution in [0.2, 0.25) is 0 Å². The minimum absolute atomic E-state index is 0.0292. The van der Waals surface area contributed by atoms with Crippen molar-refractivity contribution in [2.75, 3.05) is 11.6 Å². The van der Waals surface area contributed by atoms with E-state index in [4.69, 9.17) is 0 Å². The van der Waals surface area contributed by atoms with Crippen LogP contribution in [0.4, 0.5) is 19.0 Å². The first-order valence-corrected chi connectivity index (χ1v) is 9.78. The average Bonchev–Trinajstić information content (AvgIpc) is 3.18. The first-order valence-electron chi connectivity index (χ1n) is 9.78. The van der Waals surface area contributed by atoms with Crippen LogP contribution in [0.25, 0.3) is 0 Å². The van der Waals surface area contributed by atoms with Gasteiger partial charge >= 0.3 is 6.18 Å². The summed E-state index contributed by atoms with van der Waals surface area (Å²) in [5.41, 5.74) is 8.30. The number of halogens is 3. The zero-order chi connectivity index (χ0) is 21.5. The lowest BCUT2D eigenvalue weighted by atomic mass is 10.0. The number of carbonyl (C=O) groups excluding carboxylic acids is 1. The predicted molar refractivity (Wildman–Crippen MR) is 106 cm³/mol. The topological polar surface area (TPSA) is 60.5 Å². The van der Waals surface area contributed by atoms with E-state index in [2.05, 4.69) is 22.9 Å². The van der Waals surface area contributed by atoms with Gasteiger partial charge in [-0.25, -0.2) is 9.99 Å². The number of hydrogen-bond acceptors (Lipinski definition) is 5. The highest BCUT2D eigenvalue weighted by Crippen LogP contribution is 2.33. The minimum Gasteiger partial charge on any atom is -0.330 e. The van der Waals surface area contributed by atoms with Crippen LogP contribution in [0.1, 0.15) is 41.8 Å². The molecule has 2 aliphatic heterocycles. The first kappa shape index (κ1) is 20.2. The van der Waals surface area contributed by atoms with Crippen LogP contribution in [0.3, 0.4) is 0 Å². The molecule has 2 N–H and O–H groups in total. The fourth-order valence-corrected chi connectivity index (χ4v) is 3.90. The first-order chi connectivity index (χ1) is 14.3. The van der Waals surface area contributed by atoms with Crippen LogP contribution in [-0.2, 0) is 12.6 Å². The summed E-state index contributed by atoms with van der Waals surface area (Å²) in [6, 6.07) is 8.13. The molecule has 1 amide bonds. The Labute approximate surface area is 172 Å². The van der Waals surface area contributed by atoms with Crippen LogP contribution in [0.15, 0.2) is 54.0 Å². The van der Waals surface area contributed by atoms with Crippen LogP contribution >= 0.6 is 0 Å². The van der Waals surface area contributed by atoms with Gasteiger partial charge in [0, 0.05) is 24.7 Å². The van der Waals surface area contributed by atoms with Gasteiger partial charge in [0.25, 0.3) is 5.91 Å². The maximum absolute atomic E-state index is 13.0. The second-order valence-electron chi connectivity index (χ2n) is 7.28. The molecule has 0 spiro atoms. The Kier molecular flexibility index (Phi) is 5.15. The summed E-state index contributed by atoms with van der Waals surface area (Å²) in [6.07, 6.45) is -1.40. The Balaban J connectivity index is 1.60. The zero-order valence-corrected chi connectivity index (χ0v) is 16.6. The van der Waals surface area contributed by atoms with E-state index in [0.717, 1.165) is 41.3 Å². The Morgan fingerprint density at radius 1 is 1.27 bits per heavy atom. The molecule has 6 nitrogen and oxygen atoms in total. The van der Waals surface area contributed by atoms with E-state index in [1.807, 2.05) is 24.1 Å². The predicted octanol–water partition coefficient (Wildman–Crippen LogP) is 3.64. The average molecular weight is 417 g/mol. The lowest BCUT2D eigenvalue weighted by Crippen LogP contribution is -2.45. The van der Waals surface area contributed by atoms with Gasteiger partial charge in [-0.05, 0) is 43.2 Å². The molecule has 0 radical (unpaired) electrons. The van der Waals surface area contributed by atoms with Gasteiger partial charge in [-0.3, -0.25) is 4.79 Å². The Morgan fingerprint density at radius 3 is 2.80 bits per heavy atom. The maximum Gasteiger partial charge on any atom is 0.416 e. The number of nitrogens with zero attached hydrogens (tertiary/aromatic N) is 3. The number of hydrogen-bond donors (Lipinski definition) is 2. The van der Waals surface area contributed by atoms with E-state index in [9.17, 15) is 18.0 Å². The number of benzene rings is 1. The number of aromatic nitrogens is 1. The standard InChI is InChI=1S/C21H22F3N5O/c1-3-14-7-5-10-25-19(14)29-17-9-11-28(13(2)18(17)26-27-29)20(30)15-6-4-8-16(12-15)21(22,23)24/h4-8,10,12-13,26-27H,3,9,11H2,1-2H3. The second-order valence-corrected chi connectivity index (χ2v) is 7.28. The maximum atomic E-state index is 13.0. The molecular weight excluding hydrogens is 395 g/mol. The normalized spacial score (nSPS) is 19.0. The highest BCUT2D eigenvalue weighted by atomic mass is 19.4. The number of rotatable bonds is 3. The summed E-state index contributed by atoms with van der Waals surface area (Å²) in [7, 11) is 0. The van der Waals surface area contributed by atoms with Crippen molar-refractivity contribution in [1.29, 1.82) is 0 Å². The number of amides is 1. The fourth-order valence-electron chi connectivity index (χ4n) is 3.90. The quantitative estimate of drug-likeness (QED) is 0.799. The van der Waals surface area contributed by atoms with Gasteiger partial charge in [0.2, 0.25) is 0 Å². The molecule has 0 saturated carbocycles. The SMILES string of the molecule is CCc1cccnc1N1NNC2=C1CCN(C(=O)c1cccc(C(F)(F)F)c1)C2C. The Bertz CT molecular complexity index is 1000. The number of nitrogens with one attached hydrogen (secondary N) is 2. The molecule has 158 valence electrons. The molecule has 0 saturated heterocycles. The van der Waals surface area contributed by atoms with Crippen molar-refractivity contribution in [3.63, 3.8) is 0 Å².